The Kier molecular flexibility index (Phi) is 2.00. The molecule has 1 amide bonds. The van der Waals surface area contributed by atoms with Crippen LogP contribution in [0.3, 0.4) is 0 Å². The Morgan fingerprint density at radius 3 is 2.72 bits per heavy atom. The van der Waals surface area contributed by atoms with E-state index in [0.29, 0.717) is 17.1 Å². The third-order valence-electron chi connectivity index (χ3n) is 4.03. The molecule has 5 nitrogen and oxygen atoms in total. The fraction of sp³-hybridized carbons (Fsp3) is 0.385. The van der Waals surface area contributed by atoms with Gasteiger partial charge in [-0.25, -0.2) is 0 Å². The number of amides is 1. The Morgan fingerprint density at radius 2 is 2.06 bits per heavy atom. The number of H-pyrrole nitrogens is 1. The van der Waals surface area contributed by atoms with Gasteiger partial charge in [-0.05, 0) is 25.0 Å². The molecule has 3 rings (SSSR count). The summed E-state index contributed by atoms with van der Waals surface area (Å²) in [5.41, 5.74) is 0.366. The lowest BCUT2D eigenvalue weighted by Crippen LogP contribution is -2.44. The molecular formula is C13H15N3O2. The number of carbonyl (C=O) groups is 1. The first-order chi connectivity index (χ1) is 8.48. The third kappa shape index (κ3) is 1.06. The van der Waals surface area contributed by atoms with Crippen molar-refractivity contribution < 1.29 is 4.79 Å². The fourth-order valence-electron chi connectivity index (χ4n) is 2.56. The van der Waals surface area contributed by atoms with Gasteiger partial charge in [-0.2, -0.15) is 0 Å². The SMILES string of the molecule is CC(C)C1(C)C(=O)Nc2c3[nH]cccc-3c(=O)n21. The molecule has 0 spiro atoms. The van der Waals surface area contributed by atoms with E-state index in [1.54, 1.807) is 22.9 Å². The molecule has 0 aromatic carbocycles. The Labute approximate surface area is 104 Å². The molecule has 5 heteroatoms. The van der Waals surface area contributed by atoms with E-state index in [1.165, 1.54) is 0 Å². The van der Waals surface area contributed by atoms with Crippen molar-refractivity contribution in [3.05, 3.63) is 28.7 Å². The largest absolute Gasteiger partial charge is 0.358 e. The Morgan fingerprint density at radius 1 is 1.33 bits per heavy atom. The first-order valence-corrected chi connectivity index (χ1v) is 6.02. The Hall–Kier alpha value is -2.04. The number of nitrogens with zero attached hydrogens (tertiary/aromatic N) is 1. The molecule has 1 atom stereocenters. The van der Waals surface area contributed by atoms with Gasteiger partial charge in [0, 0.05) is 6.20 Å². The summed E-state index contributed by atoms with van der Waals surface area (Å²) in [7, 11) is 0. The van der Waals surface area contributed by atoms with Gasteiger partial charge in [-0.3, -0.25) is 14.2 Å². The number of hydrogen-bond donors (Lipinski definition) is 2. The van der Waals surface area contributed by atoms with Crippen LogP contribution in [0.1, 0.15) is 20.8 Å². The van der Waals surface area contributed by atoms with Gasteiger partial charge in [0.25, 0.3) is 11.5 Å². The summed E-state index contributed by atoms with van der Waals surface area (Å²) in [5, 5.41) is 2.83. The summed E-state index contributed by atoms with van der Waals surface area (Å²) in [6.07, 6.45) is 1.75. The highest BCUT2D eigenvalue weighted by atomic mass is 16.2. The maximum absolute atomic E-state index is 12.4. The minimum atomic E-state index is -0.820. The zero-order valence-corrected chi connectivity index (χ0v) is 10.6. The first-order valence-electron chi connectivity index (χ1n) is 6.02. The molecule has 18 heavy (non-hydrogen) atoms. The molecule has 1 unspecified atom stereocenters. The molecule has 0 saturated carbocycles. The monoisotopic (exact) mass is 245 g/mol. The van der Waals surface area contributed by atoms with E-state index in [1.807, 2.05) is 20.8 Å². The maximum Gasteiger partial charge on any atom is 0.262 e. The second kappa shape index (κ2) is 3.25. The highest BCUT2D eigenvalue weighted by Crippen LogP contribution is 2.40. The van der Waals surface area contributed by atoms with Gasteiger partial charge in [0.1, 0.15) is 11.4 Å². The number of aromatic amines is 1. The molecule has 0 saturated heterocycles. The Balaban J connectivity index is 2.42. The number of rotatable bonds is 1. The number of carbonyl (C=O) groups excluding carboxylic acids is 1. The van der Waals surface area contributed by atoms with Crippen LogP contribution in [0.5, 0.6) is 0 Å². The van der Waals surface area contributed by atoms with Gasteiger partial charge in [0.2, 0.25) is 0 Å². The maximum atomic E-state index is 12.4. The number of aromatic nitrogens is 2. The highest BCUT2D eigenvalue weighted by Gasteiger charge is 2.48. The van der Waals surface area contributed by atoms with Gasteiger partial charge in [0.05, 0.1) is 11.3 Å². The van der Waals surface area contributed by atoms with Crippen molar-refractivity contribution in [3.63, 3.8) is 0 Å². The van der Waals surface area contributed by atoms with E-state index in [0.717, 1.165) is 0 Å². The second-order valence-electron chi connectivity index (χ2n) is 5.20. The summed E-state index contributed by atoms with van der Waals surface area (Å²) in [6, 6.07) is 3.56. The number of hydrogen-bond acceptors (Lipinski definition) is 2. The molecule has 0 fully saturated rings. The predicted molar refractivity (Wildman–Crippen MR) is 68.8 cm³/mol. The summed E-state index contributed by atoms with van der Waals surface area (Å²) < 4.78 is 1.58. The van der Waals surface area contributed by atoms with E-state index < -0.39 is 5.54 Å². The van der Waals surface area contributed by atoms with Gasteiger partial charge in [-0.15, -0.1) is 0 Å². The molecule has 0 aliphatic carbocycles. The van der Waals surface area contributed by atoms with Gasteiger partial charge >= 0.3 is 0 Å². The molecule has 2 N–H and O–H groups in total. The fourth-order valence-corrected chi connectivity index (χ4v) is 2.56. The molecule has 3 heterocycles. The van der Waals surface area contributed by atoms with E-state index in [4.69, 9.17) is 0 Å². The van der Waals surface area contributed by atoms with E-state index in [9.17, 15) is 9.59 Å². The molecule has 3 aliphatic rings. The molecule has 94 valence electrons. The van der Waals surface area contributed by atoms with Crippen LogP contribution in [0.4, 0.5) is 5.82 Å². The van der Waals surface area contributed by atoms with Gasteiger partial charge in [0.15, 0.2) is 0 Å². The Bertz CT molecular complexity index is 667. The molecular weight excluding hydrogens is 230 g/mol. The van der Waals surface area contributed by atoms with Crippen LogP contribution < -0.4 is 10.9 Å². The summed E-state index contributed by atoms with van der Waals surface area (Å²) in [6.45, 7) is 5.70. The van der Waals surface area contributed by atoms with Crippen LogP contribution in [0.2, 0.25) is 0 Å². The normalized spacial score (nSPS) is 22.6. The highest BCUT2D eigenvalue weighted by molar-refractivity contribution is 6.03. The van der Waals surface area contributed by atoms with Crippen LogP contribution in [-0.4, -0.2) is 15.5 Å². The van der Waals surface area contributed by atoms with E-state index in [2.05, 4.69) is 10.3 Å². The van der Waals surface area contributed by atoms with Crippen LogP contribution in [-0.2, 0) is 10.3 Å². The number of nitrogens with one attached hydrogen (secondary N) is 2. The predicted octanol–water partition coefficient (Wildman–Crippen LogP) is 1.60. The topological polar surface area (TPSA) is 66.9 Å². The smallest absolute Gasteiger partial charge is 0.262 e. The minimum Gasteiger partial charge on any atom is -0.358 e. The zero-order chi connectivity index (χ0) is 13.1. The molecule has 0 aromatic rings. The van der Waals surface area contributed by atoms with Gasteiger partial charge < -0.3 is 10.3 Å². The van der Waals surface area contributed by atoms with Crippen LogP contribution in [0.25, 0.3) is 11.3 Å². The van der Waals surface area contributed by atoms with Crippen molar-refractivity contribution in [2.45, 2.75) is 26.3 Å². The first kappa shape index (κ1) is 11.1. The van der Waals surface area contributed by atoms with E-state index >= 15 is 0 Å². The number of anilines is 1. The third-order valence-corrected chi connectivity index (χ3v) is 4.03. The average Bonchev–Trinajstić information content (AvgIpc) is 2.77. The van der Waals surface area contributed by atoms with E-state index in [-0.39, 0.29) is 17.4 Å². The molecule has 0 radical (unpaired) electrons. The summed E-state index contributed by atoms with van der Waals surface area (Å²) in [5.74, 6) is 0.494. The zero-order valence-electron chi connectivity index (χ0n) is 10.6. The van der Waals surface area contributed by atoms with Crippen molar-refractivity contribution in [2.75, 3.05) is 5.32 Å². The summed E-state index contributed by atoms with van der Waals surface area (Å²) in [4.78, 5) is 27.6. The molecule has 0 bridgehead atoms. The van der Waals surface area contributed by atoms with Crippen LogP contribution in [0, 0.1) is 5.92 Å². The van der Waals surface area contributed by atoms with Crippen LogP contribution in [0.15, 0.2) is 23.1 Å². The molecule has 0 aromatic heterocycles. The lowest BCUT2D eigenvalue weighted by molar-refractivity contribution is -0.124. The van der Waals surface area contributed by atoms with Crippen molar-refractivity contribution in [1.82, 2.24) is 9.55 Å². The van der Waals surface area contributed by atoms with Gasteiger partial charge in [-0.1, -0.05) is 13.8 Å². The van der Waals surface area contributed by atoms with Crippen molar-refractivity contribution in [3.8, 4) is 11.3 Å². The van der Waals surface area contributed by atoms with Crippen molar-refractivity contribution in [2.24, 2.45) is 5.92 Å². The lowest BCUT2D eigenvalue weighted by Gasteiger charge is -2.27. The van der Waals surface area contributed by atoms with Crippen molar-refractivity contribution in [1.29, 1.82) is 0 Å². The lowest BCUT2D eigenvalue weighted by atomic mass is 9.88. The average molecular weight is 245 g/mol. The quantitative estimate of drug-likeness (QED) is 0.801. The second-order valence-corrected chi connectivity index (χ2v) is 5.20. The van der Waals surface area contributed by atoms with Crippen molar-refractivity contribution >= 4 is 11.7 Å². The minimum absolute atomic E-state index is 0.0354. The van der Waals surface area contributed by atoms with Crippen LogP contribution >= 0.6 is 0 Å². The number of fused-ring (bicyclic) bond motifs is 3. The standard InChI is InChI=1S/C13H15N3O2/c1-7(2)13(3)12(18)15-10-9-8(5-4-6-14-9)11(17)16(10)13/h4-7,14H,1-3H3,(H,15,18). The summed E-state index contributed by atoms with van der Waals surface area (Å²) >= 11 is 0. The number of pyridine rings is 1. The molecule has 3 aliphatic heterocycles.